The van der Waals surface area contributed by atoms with E-state index >= 15 is 0 Å². The van der Waals surface area contributed by atoms with E-state index in [9.17, 15) is 0 Å². The summed E-state index contributed by atoms with van der Waals surface area (Å²) in [6.07, 6.45) is 4.89. The second-order valence-electron chi connectivity index (χ2n) is 2.36. The first kappa shape index (κ1) is 11.4. The summed E-state index contributed by atoms with van der Waals surface area (Å²) in [5.74, 6) is 2.42. The van der Waals surface area contributed by atoms with Crippen molar-refractivity contribution >= 4 is 58.3 Å². The van der Waals surface area contributed by atoms with Gasteiger partial charge in [-0.25, -0.2) is 0 Å². The molecule has 70 valence electrons. The maximum Gasteiger partial charge on any atom is 0.209 e. The Bertz CT molecular complexity index is 159. The highest BCUT2D eigenvalue weighted by Gasteiger charge is 2.17. The first-order chi connectivity index (χ1) is 5.58. The lowest BCUT2D eigenvalue weighted by molar-refractivity contribution is 1.11. The molecule has 0 aromatic rings. The molecule has 0 atom stereocenters. The van der Waals surface area contributed by atoms with Crippen molar-refractivity contribution < 1.29 is 0 Å². The van der Waals surface area contributed by atoms with Gasteiger partial charge < -0.3 is 0 Å². The van der Waals surface area contributed by atoms with E-state index < -0.39 is 3.79 Å². The van der Waals surface area contributed by atoms with E-state index in [1.165, 1.54) is 17.9 Å². The van der Waals surface area contributed by atoms with Gasteiger partial charge in [-0.05, 0) is 24.0 Å². The summed E-state index contributed by atoms with van der Waals surface area (Å²) in [5.41, 5.74) is 0. The molecule has 0 N–H and O–H groups in total. The molecule has 0 bridgehead atoms. The third kappa shape index (κ3) is 5.13. The van der Waals surface area contributed by atoms with Crippen LogP contribution in [0.15, 0.2) is 12.2 Å². The molecule has 0 radical (unpaired) electrons. The summed E-state index contributed by atoms with van der Waals surface area (Å²) in [6.45, 7) is 0. The Morgan fingerprint density at radius 3 is 2.25 bits per heavy atom. The van der Waals surface area contributed by atoms with Gasteiger partial charge in [0.2, 0.25) is 3.79 Å². The molecule has 0 saturated carbocycles. The van der Waals surface area contributed by atoms with Crippen LogP contribution in [0.3, 0.4) is 0 Å². The average molecular weight is 264 g/mol. The Balaban J connectivity index is 2.33. The molecule has 0 aliphatic carbocycles. The van der Waals surface area contributed by atoms with Crippen LogP contribution < -0.4 is 0 Å². The summed E-state index contributed by atoms with van der Waals surface area (Å²) in [7, 11) is 0. The van der Waals surface area contributed by atoms with Gasteiger partial charge in [0.05, 0.1) is 4.58 Å². The van der Waals surface area contributed by atoms with Gasteiger partial charge in [-0.15, -0.1) is 23.5 Å². The monoisotopic (exact) mass is 262 g/mol. The molecular formula is C7H9Cl3S2. The molecule has 0 aromatic carbocycles. The molecular weight excluding hydrogens is 255 g/mol. The molecule has 1 aliphatic heterocycles. The number of alkyl halides is 3. The van der Waals surface area contributed by atoms with E-state index in [4.69, 9.17) is 34.8 Å². The van der Waals surface area contributed by atoms with Crippen LogP contribution in [0.25, 0.3) is 0 Å². The Morgan fingerprint density at radius 1 is 1.17 bits per heavy atom. The normalized spacial score (nSPS) is 21.9. The Hall–Kier alpha value is 1.31. The number of thioether (sulfide) groups is 2. The molecule has 0 nitrogen and oxygen atoms in total. The van der Waals surface area contributed by atoms with E-state index in [0.29, 0.717) is 4.58 Å². The van der Waals surface area contributed by atoms with Crippen molar-refractivity contribution in [1.29, 1.82) is 0 Å². The molecule has 1 aliphatic rings. The molecule has 1 saturated heterocycles. The minimum Gasteiger partial charge on any atom is -0.143 e. The lowest BCUT2D eigenvalue weighted by Gasteiger charge is -2.17. The van der Waals surface area contributed by atoms with Crippen LogP contribution in [0.4, 0.5) is 0 Å². The van der Waals surface area contributed by atoms with Gasteiger partial charge in [0.25, 0.3) is 0 Å². The van der Waals surface area contributed by atoms with Crippen molar-refractivity contribution in [3.8, 4) is 0 Å². The fraction of sp³-hybridized carbons (Fsp3) is 0.714. The summed E-state index contributed by atoms with van der Waals surface area (Å²) in [4.78, 5) is 0. The van der Waals surface area contributed by atoms with Crippen LogP contribution in [0, 0.1) is 0 Å². The second-order valence-corrected chi connectivity index (χ2v) is 7.53. The quantitative estimate of drug-likeness (QED) is 0.516. The largest absolute Gasteiger partial charge is 0.209 e. The molecule has 1 rings (SSSR count). The van der Waals surface area contributed by atoms with Crippen molar-refractivity contribution in [3.63, 3.8) is 0 Å². The summed E-state index contributed by atoms with van der Waals surface area (Å²) in [6, 6.07) is 0. The van der Waals surface area contributed by atoms with E-state index in [2.05, 4.69) is 0 Å². The highest BCUT2D eigenvalue weighted by atomic mass is 35.6. The van der Waals surface area contributed by atoms with Crippen LogP contribution in [0.2, 0.25) is 0 Å². The van der Waals surface area contributed by atoms with Gasteiger partial charge in [-0.3, -0.25) is 0 Å². The number of halogens is 3. The predicted octanol–water partition coefficient (Wildman–Crippen LogP) is 4.11. The zero-order chi connectivity index (χ0) is 9.03. The maximum absolute atomic E-state index is 5.58. The summed E-state index contributed by atoms with van der Waals surface area (Å²) in [5, 5.41) is 0. The predicted molar refractivity (Wildman–Crippen MR) is 62.8 cm³/mol. The van der Waals surface area contributed by atoms with E-state index in [-0.39, 0.29) is 0 Å². The van der Waals surface area contributed by atoms with Gasteiger partial charge in [0.1, 0.15) is 0 Å². The summed E-state index contributed by atoms with van der Waals surface area (Å²) < 4.78 is -0.771. The van der Waals surface area contributed by atoms with Crippen molar-refractivity contribution in [3.05, 3.63) is 12.2 Å². The third-order valence-corrected chi connectivity index (χ3v) is 4.51. The number of allylic oxidation sites excluding steroid dienone is 1. The average Bonchev–Trinajstić information content (AvgIpc) is 2.02. The zero-order valence-electron chi connectivity index (χ0n) is 6.30. The first-order valence-electron chi connectivity index (χ1n) is 3.57. The zero-order valence-corrected chi connectivity index (χ0v) is 10.2. The van der Waals surface area contributed by atoms with Crippen molar-refractivity contribution in [2.75, 3.05) is 11.5 Å². The Morgan fingerprint density at radius 2 is 1.75 bits per heavy atom. The van der Waals surface area contributed by atoms with Crippen LogP contribution in [0.1, 0.15) is 6.42 Å². The van der Waals surface area contributed by atoms with E-state index in [1.54, 1.807) is 6.08 Å². The molecule has 0 spiro atoms. The van der Waals surface area contributed by atoms with Gasteiger partial charge >= 0.3 is 0 Å². The molecule has 0 aromatic heterocycles. The van der Waals surface area contributed by atoms with Crippen molar-refractivity contribution in [2.45, 2.75) is 14.8 Å². The first-order valence-corrected chi connectivity index (χ1v) is 6.80. The van der Waals surface area contributed by atoms with E-state index in [1.807, 2.05) is 29.6 Å². The number of hydrogen-bond donors (Lipinski definition) is 0. The molecule has 12 heavy (non-hydrogen) atoms. The highest BCUT2D eigenvalue weighted by molar-refractivity contribution is 8.17. The van der Waals surface area contributed by atoms with Gasteiger partial charge in [-0.1, -0.05) is 40.9 Å². The fourth-order valence-corrected chi connectivity index (χ4v) is 3.63. The van der Waals surface area contributed by atoms with Crippen LogP contribution in [-0.4, -0.2) is 19.9 Å². The molecule has 0 amide bonds. The van der Waals surface area contributed by atoms with Crippen molar-refractivity contribution in [1.82, 2.24) is 0 Å². The summed E-state index contributed by atoms with van der Waals surface area (Å²) >= 11 is 20.5. The van der Waals surface area contributed by atoms with Gasteiger partial charge in [-0.2, -0.15) is 0 Å². The SMILES string of the molecule is ClC(Cl)(Cl)/C=C/C1SCCCS1. The van der Waals surface area contributed by atoms with Crippen molar-refractivity contribution in [2.24, 2.45) is 0 Å². The lowest BCUT2D eigenvalue weighted by atomic mass is 10.5. The highest BCUT2D eigenvalue weighted by Crippen LogP contribution is 2.34. The maximum atomic E-state index is 5.58. The molecule has 1 heterocycles. The Labute approximate surface area is 96.4 Å². The minimum absolute atomic E-state index is 0.467. The van der Waals surface area contributed by atoms with Crippen LogP contribution >= 0.6 is 58.3 Å². The van der Waals surface area contributed by atoms with Gasteiger partial charge in [0.15, 0.2) is 0 Å². The molecule has 5 heteroatoms. The van der Waals surface area contributed by atoms with Gasteiger partial charge in [0, 0.05) is 0 Å². The second kappa shape index (κ2) is 5.26. The van der Waals surface area contributed by atoms with Crippen LogP contribution in [0.5, 0.6) is 0 Å². The third-order valence-electron chi connectivity index (χ3n) is 1.30. The number of rotatable bonds is 1. The van der Waals surface area contributed by atoms with Crippen LogP contribution in [-0.2, 0) is 0 Å². The molecule has 1 fully saturated rings. The standard InChI is InChI=1S/C7H9Cl3S2/c8-7(9,10)3-2-6-11-4-1-5-12-6/h2-3,6H,1,4-5H2/b3-2+. The fourth-order valence-electron chi connectivity index (χ4n) is 0.805. The Kier molecular flexibility index (Phi) is 4.99. The number of hydrogen-bond acceptors (Lipinski definition) is 2. The lowest BCUT2D eigenvalue weighted by Crippen LogP contribution is -2.05. The smallest absolute Gasteiger partial charge is 0.143 e. The topological polar surface area (TPSA) is 0 Å². The minimum atomic E-state index is -1.24. The van der Waals surface area contributed by atoms with E-state index in [0.717, 1.165) is 0 Å². The molecule has 0 unspecified atom stereocenters.